The first kappa shape index (κ1) is 11.6. The molecule has 0 saturated heterocycles. The van der Waals surface area contributed by atoms with E-state index in [4.69, 9.17) is 4.52 Å². The van der Waals surface area contributed by atoms with Gasteiger partial charge in [0.2, 0.25) is 0 Å². The van der Waals surface area contributed by atoms with E-state index in [1.54, 1.807) is 13.0 Å². The predicted octanol–water partition coefficient (Wildman–Crippen LogP) is 3.79. The number of hydrogen-bond acceptors (Lipinski definition) is 3. The first-order valence-corrected chi connectivity index (χ1v) is 5.61. The maximum Gasteiger partial charge on any atom is 0.174 e. The molecule has 1 heterocycles. The molecule has 3 nitrogen and oxygen atoms in total. The second-order valence-electron chi connectivity index (χ2n) is 4.24. The summed E-state index contributed by atoms with van der Waals surface area (Å²) in [6.45, 7) is 1.66. The van der Waals surface area contributed by atoms with Gasteiger partial charge in [-0.25, -0.2) is 8.78 Å². The second kappa shape index (κ2) is 4.05. The van der Waals surface area contributed by atoms with Gasteiger partial charge in [-0.2, -0.15) is 0 Å². The van der Waals surface area contributed by atoms with E-state index >= 15 is 0 Å². The van der Waals surface area contributed by atoms with Gasteiger partial charge >= 0.3 is 0 Å². The normalized spacial score (nSPS) is 11.1. The Hall–Kier alpha value is -2.43. The van der Waals surface area contributed by atoms with Gasteiger partial charge in [0, 0.05) is 11.1 Å². The summed E-state index contributed by atoms with van der Waals surface area (Å²) < 4.78 is 32.1. The summed E-state index contributed by atoms with van der Waals surface area (Å²) in [7, 11) is 0. The van der Waals surface area contributed by atoms with Crippen molar-refractivity contribution in [2.24, 2.45) is 0 Å². The fraction of sp³-hybridized carbons (Fsp3) is 0.0714. The highest BCUT2D eigenvalue weighted by Crippen LogP contribution is 2.34. The summed E-state index contributed by atoms with van der Waals surface area (Å²) in [5, 5.41) is 13.9. The van der Waals surface area contributed by atoms with Crippen LogP contribution in [0.15, 0.2) is 34.9 Å². The van der Waals surface area contributed by atoms with Crippen molar-refractivity contribution in [2.45, 2.75) is 6.92 Å². The van der Waals surface area contributed by atoms with Gasteiger partial charge in [-0.15, -0.1) is 0 Å². The minimum atomic E-state index is -0.581. The van der Waals surface area contributed by atoms with Crippen molar-refractivity contribution in [3.63, 3.8) is 0 Å². The van der Waals surface area contributed by atoms with Crippen LogP contribution >= 0.6 is 0 Å². The van der Waals surface area contributed by atoms with Crippen LogP contribution in [0.1, 0.15) is 5.56 Å². The van der Waals surface area contributed by atoms with Crippen molar-refractivity contribution in [3.05, 3.63) is 47.5 Å². The van der Waals surface area contributed by atoms with E-state index in [1.165, 1.54) is 6.07 Å². The number of aryl methyl sites for hydroxylation is 1. The van der Waals surface area contributed by atoms with Crippen LogP contribution in [-0.4, -0.2) is 10.3 Å². The molecule has 0 fully saturated rings. The Morgan fingerprint density at radius 2 is 1.95 bits per heavy atom. The third kappa shape index (κ3) is 1.74. The van der Waals surface area contributed by atoms with Crippen LogP contribution in [0.25, 0.3) is 22.2 Å². The zero-order chi connectivity index (χ0) is 13.6. The van der Waals surface area contributed by atoms with Gasteiger partial charge in [-0.1, -0.05) is 5.16 Å². The Kier molecular flexibility index (Phi) is 2.48. The van der Waals surface area contributed by atoms with Crippen molar-refractivity contribution in [1.82, 2.24) is 5.16 Å². The topological polar surface area (TPSA) is 46.3 Å². The molecule has 5 heteroatoms. The Labute approximate surface area is 107 Å². The zero-order valence-electron chi connectivity index (χ0n) is 9.95. The monoisotopic (exact) mass is 261 g/mol. The average Bonchev–Trinajstić information content (AvgIpc) is 2.81. The lowest BCUT2D eigenvalue weighted by Crippen LogP contribution is -1.87. The Bertz CT molecular complexity index is 780. The molecule has 0 bridgehead atoms. The van der Waals surface area contributed by atoms with Gasteiger partial charge in [-0.3, -0.25) is 0 Å². The van der Waals surface area contributed by atoms with Crippen molar-refractivity contribution >= 4 is 11.0 Å². The summed E-state index contributed by atoms with van der Waals surface area (Å²) in [5.74, 6) is -1.07. The zero-order valence-corrected chi connectivity index (χ0v) is 9.95. The molecule has 1 aromatic heterocycles. The van der Waals surface area contributed by atoms with Gasteiger partial charge in [0.1, 0.15) is 23.1 Å². The largest absolute Gasteiger partial charge is 0.508 e. The Balaban J connectivity index is 2.32. The summed E-state index contributed by atoms with van der Waals surface area (Å²) in [6.07, 6.45) is 0. The molecule has 0 spiro atoms. The number of rotatable bonds is 1. The first-order chi connectivity index (χ1) is 9.08. The van der Waals surface area contributed by atoms with Gasteiger partial charge in [-0.05, 0) is 37.3 Å². The maximum absolute atomic E-state index is 13.7. The van der Waals surface area contributed by atoms with E-state index in [0.29, 0.717) is 16.5 Å². The van der Waals surface area contributed by atoms with Crippen LogP contribution in [-0.2, 0) is 0 Å². The Morgan fingerprint density at radius 1 is 1.16 bits per heavy atom. The van der Waals surface area contributed by atoms with Crippen LogP contribution in [0.2, 0.25) is 0 Å². The molecule has 0 aliphatic heterocycles. The summed E-state index contributed by atoms with van der Waals surface area (Å²) >= 11 is 0. The second-order valence-corrected chi connectivity index (χ2v) is 4.24. The Morgan fingerprint density at radius 3 is 2.74 bits per heavy atom. The molecular formula is C14H9F2NO2. The fourth-order valence-electron chi connectivity index (χ4n) is 2.00. The third-order valence-electron chi connectivity index (χ3n) is 3.04. The van der Waals surface area contributed by atoms with Gasteiger partial charge < -0.3 is 9.63 Å². The van der Waals surface area contributed by atoms with E-state index < -0.39 is 11.6 Å². The molecule has 2 aromatic carbocycles. The van der Waals surface area contributed by atoms with Crippen LogP contribution < -0.4 is 0 Å². The molecule has 0 atom stereocenters. The summed E-state index contributed by atoms with van der Waals surface area (Å²) in [4.78, 5) is 0. The summed E-state index contributed by atoms with van der Waals surface area (Å²) in [5.41, 5.74) is 1.12. The molecule has 1 N–H and O–H groups in total. The lowest BCUT2D eigenvalue weighted by Gasteiger charge is -2.01. The van der Waals surface area contributed by atoms with Crippen LogP contribution in [0.4, 0.5) is 8.78 Å². The number of phenols is 1. The average molecular weight is 261 g/mol. The van der Waals surface area contributed by atoms with Crippen molar-refractivity contribution in [3.8, 4) is 17.0 Å². The maximum atomic E-state index is 13.7. The summed E-state index contributed by atoms with van der Waals surface area (Å²) in [6, 6.07) is 6.18. The third-order valence-corrected chi connectivity index (χ3v) is 3.04. The van der Waals surface area contributed by atoms with E-state index in [0.717, 1.165) is 18.2 Å². The molecular weight excluding hydrogens is 252 g/mol. The molecule has 96 valence electrons. The number of aromatic nitrogens is 1. The number of benzene rings is 2. The predicted molar refractivity (Wildman–Crippen MR) is 65.8 cm³/mol. The van der Waals surface area contributed by atoms with E-state index in [1.807, 2.05) is 0 Å². The molecule has 0 radical (unpaired) electrons. The quantitative estimate of drug-likeness (QED) is 0.725. The van der Waals surface area contributed by atoms with Gasteiger partial charge in [0.05, 0.1) is 5.39 Å². The number of aromatic hydroxyl groups is 1. The molecule has 0 aliphatic rings. The van der Waals surface area contributed by atoms with Crippen LogP contribution in [0, 0.1) is 18.6 Å². The molecule has 0 amide bonds. The molecule has 19 heavy (non-hydrogen) atoms. The van der Waals surface area contributed by atoms with Crippen LogP contribution in [0.5, 0.6) is 5.75 Å². The van der Waals surface area contributed by atoms with Crippen molar-refractivity contribution in [1.29, 1.82) is 0 Å². The molecule has 0 saturated carbocycles. The van der Waals surface area contributed by atoms with E-state index in [2.05, 4.69) is 5.16 Å². The molecule has 0 aliphatic carbocycles. The van der Waals surface area contributed by atoms with E-state index in [-0.39, 0.29) is 17.0 Å². The fourth-order valence-corrected chi connectivity index (χ4v) is 2.00. The number of hydrogen-bond donors (Lipinski definition) is 1. The minimum absolute atomic E-state index is 0.0313. The van der Waals surface area contributed by atoms with Gasteiger partial charge in [0.15, 0.2) is 5.58 Å². The molecule has 3 aromatic rings. The number of fused-ring (bicyclic) bond motifs is 1. The lowest BCUT2D eigenvalue weighted by molar-refractivity contribution is 0.446. The van der Waals surface area contributed by atoms with Crippen molar-refractivity contribution in [2.75, 3.05) is 0 Å². The highest BCUT2D eigenvalue weighted by Gasteiger charge is 2.17. The molecule has 0 unspecified atom stereocenters. The number of phenolic OH excluding ortho intramolecular Hbond substituents is 1. The lowest BCUT2D eigenvalue weighted by atomic mass is 10.0. The first-order valence-electron chi connectivity index (χ1n) is 5.61. The van der Waals surface area contributed by atoms with Gasteiger partial charge in [0.25, 0.3) is 0 Å². The van der Waals surface area contributed by atoms with Crippen molar-refractivity contribution < 1.29 is 18.4 Å². The highest BCUT2D eigenvalue weighted by atomic mass is 19.1. The number of nitrogens with zero attached hydrogens (tertiary/aromatic N) is 1. The van der Waals surface area contributed by atoms with Crippen LogP contribution in [0.3, 0.4) is 0 Å². The standard InChI is InChI=1S/C14H9F2NO2/c1-7-12(18)5-3-9-13(17-19-14(7)9)10-6-8(15)2-4-11(10)16/h2-6,18H,1H3. The minimum Gasteiger partial charge on any atom is -0.508 e. The molecule has 3 rings (SSSR count). The number of halogens is 2. The SMILES string of the molecule is Cc1c(O)ccc2c(-c3cc(F)ccc3F)noc12. The highest BCUT2D eigenvalue weighted by molar-refractivity contribution is 5.94. The van der Waals surface area contributed by atoms with E-state index in [9.17, 15) is 13.9 Å². The smallest absolute Gasteiger partial charge is 0.174 e.